The van der Waals surface area contributed by atoms with Crippen molar-refractivity contribution >= 4 is 27.1 Å². The van der Waals surface area contributed by atoms with Crippen LogP contribution < -0.4 is 0 Å². The third kappa shape index (κ3) is 2.90. The number of halogens is 1. The van der Waals surface area contributed by atoms with Crippen molar-refractivity contribution in [1.29, 1.82) is 0 Å². The number of fused-ring (bicyclic) bond motifs is 1. The molecule has 3 heterocycles. The average Bonchev–Trinajstić information content (AvgIpc) is 2.68. The summed E-state index contributed by atoms with van der Waals surface area (Å²) >= 11 is 5.90. The largest absolute Gasteiger partial charge is 0.229 e. The highest BCUT2D eigenvalue weighted by Gasteiger charge is 2.25. The maximum Gasteiger partial charge on any atom is 0.157 e. The van der Waals surface area contributed by atoms with E-state index in [2.05, 4.69) is 10.1 Å². The summed E-state index contributed by atoms with van der Waals surface area (Å²) < 4.78 is 24.9. The van der Waals surface area contributed by atoms with Crippen LogP contribution >= 0.6 is 11.6 Å². The first-order chi connectivity index (χ1) is 9.02. The number of pyridine rings is 1. The molecule has 0 aliphatic carbocycles. The predicted molar refractivity (Wildman–Crippen MR) is 73.1 cm³/mol. The molecule has 0 spiro atoms. The molecular formula is C12H14ClN3O2S. The van der Waals surface area contributed by atoms with Crippen molar-refractivity contribution in [2.45, 2.75) is 19.3 Å². The normalized spacial score (nSPS) is 22.7. The van der Waals surface area contributed by atoms with E-state index in [-0.39, 0.29) is 11.7 Å². The Balaban J connectivity index is 1.81. The molecule has 2 aromatic rings. The zero-order valence-electron chi connectivity index (χ0n) is 10.3. The van der Waals surface area contributed by atoms with E-state index < -0.39 is 9.84 Å². The van der Waals surface area contributed by atoms with Crippen LogP contribution in [0.3, 0.4) is 0 Å². The van der Waals surface area contributed by atoms with Crippen LogP contribution in [0.4, 0.5) is 0 Å². The molecule has 0 radical (unpaired) electrons. The van der Waals surface area contributed by atoms with E-state index in [1.807, 2.05) is 0 Å². The Morgan fingerprint density at radius 3 is 3.11 bits per heavy atom. The fraction of sp³-hybridized carbons (Fsp3) is 0.500. The van der Waals surface area contributed by atoms with Gasteiger partial charge in [0.25, 0.3) is 0 Å². The van der Waals surface area contributed by atoms with Gasteiger partial charge in [0, 0.05) is 23.7 Å². The Labute approximate surface area is 116 Å². The predicted octanol–water partition coefficient (Wildman–Crippen LogP) is 1.75. The van der Waals surface area contributed by atoms with E-state index in [4.69, 9.17) is 11.6 Å². The van der Waals surface area contributed by atoms with Crippen LogP contribution in [0.15, 0.2) is 18.3 Å². The molecule has 0 amide bonds. The van der Waals surface area contributed by atoms with Crippen molar-refractivity contribution in [3.05, 3.63) is 29.2 Å². The Hall–Kier alpha value is -1.14. The highest BCUT2D eigenvalue weighted by molar-refractivity contribution is 7.91. The molecule has 3 rings (SSSR count). The molecule has 5 nitrogen and oxygen atoms in total. The Morgan fingerprint density at radius 2 is 2.32 bits per heavy atom. The van der Waals surface area contributed by atoms with Crippen LogP contribution in [-0.2, 0) is 16.3 Å². The van der Waals surface area contributed by atoms with Crippen LogP contribution in [0, 0.1) is 5.92 Å². The fourth-order valence-electron chi connectivity index (χ4n) is 2.53. The first kappa shape index (κ1) is 12.9. The molecule has 2 aromatic heterocycles. The minimum atomic E-state index is -2.87. The molecule has 0 N–H and O–H groups in total. The lowest BCUT2D eigenvalue weighted by atomic mass is 10.0. The van der Waals surface area contributed by atoms with Gasteiger partial charge in [-0.25, -0.2) is 17.9 Å². The topological polar surface area (TPSA) is 64.3 Å². The first-order valence-corrected chi connectivity index (χ1v) is 8.43. The molecule has 1 aliphatic heterocycles. The lowest BCUT2D eigenvalue weighted by molar-refractivity contribution is 0.475. The van der Waals surface area contributed by atoms with Gasteiger partial charge in [-0.3, -0.25) is 0 Å². The SMILES string of the molecule is O=S1(=O)CCCC(Cc2nc3cc(Cl)ccn3n2)C1. The Morgan fingerprint density at radius 1 is 1.47 bits per heavy atom. The molecule has 0 saturated carbocycles. The van der Waals surface area contributed by atoms with E-state index in [0.717, 1.165) is 12.8 Å². The molecule has 1 unspecified atom stereocenters. The molecule has 1 aliphatic rings. The van der Waals surface area contributed by atoms with Gasteiger partial charge in [-0.15, -0.1) is 0 Å². The average molecular weight is 300 g/mol. The van der Waals surface area contributed by atoms with Crippen LogP contribution in [-0.4, -0.2) is 34.5 Å². The molecular weight excluding hydrogens is 286 g/mol. The molecule has 0 bridgehead atoms. The smallest absolute Gasteiger partial charge is 0.157 e. The quantitative estimate of drug-likeness (QED) is 0.847. The molecule has 1 saturated heterocycles. The summed E-state index contributed by atoms with van der Waals surface area (Å²) in [5.41, 5.74) is 0.696. The van der Waals surface area contributed by atoms with Crippen molar-refractivity contribution in [3.8, 4) is 0 Å². The second-order valence-corrected chi connectivity index (χ2v) is 7.67. The Kier molecular flexibility index (Phi) is 3.22. The summed E-state index contributed by atoms with van der Waals surface area (Å²) in [7, 11) is -2.87. The number of hydrogen-bond donors (Lipinski definition) is 0. The van der Waals surface area contributed by atoms with E-state index in [9.17, 15) is 8.42 Å². The number of hydrogen-bond acceptors (Lipinski definition) is 4. The summed E-state index contributed by atoms with van der Waals surface area (Å²) in [5.74, 6) is 1.39. The number of aromatic nitrogens is 3. The van der Waals surface area contributed by atoms with E-state index in [1.54, 1.807) is 22.8 Å². The van der Waals surface area contributed by atoms with Crippen LogP contribution in [0.1, 0.15) is 18.7 Å². The maximum atomic E-state index is 11.6. The maximum absolute atomic E-state index is 11.6. The lowest BCUT2D eigenvalue weighted by Gasteiger charge is -2.20. The van der Waals surface area contributed by atoms with Gasteiger partial charge in [-0.05, 0) is 24.8 Å². The highest BCUT2D eigenvalue weighted by Crippen LogP contribution is 2.21. The zero-order valence-corrected chi connectivity index (χ0v) is 11.9. The molecule has 1 fully saturated rings. The Bertz CT molecular complexity index is 711. The summed E-state index contributed by atoms with van der Waals surface area (Å²) in [4.78, 5) is 4.39. The lowest BCUT2D eigenvalue weighted by Crippen LogP contribution is -2.26. The van der Waals surface area contributed by atoms with E-state index in [0.29, 0.717) is 28.7 Å². The highest BCUT2D eigenvalue weighted by atomic mass is 35.5. The molecule has 19 heavy (non-hydrogen) atoms. The van der Waals surface area contributed by atoms with Crippen LogP contribution in [0.25, 0.3) is 5.65 Å². The van der Waals surface area contributed by atoms with E-state index in [1.165, 1.54) is 0 Å². The molecule has 1 atom stereocenters. The van der Waals surface area contributed by atoms with E-state index >= 15 is 0 Å². The van der Waals surface area contributed by atoms with Gasteiger partial charge in [-0.2, -0.15) is 5.10 Å². The fourth-order valence-corrected chi connectivity index (χ4v) is 4.46. The molecule has 7 heteroatoms. The monoisotopic (exact) mass is 299 g/mol. The van der Waals surface area contributed by atoms with Gasteiger partial charge in [0.15, 0.2) is 21.3 Å². The second kappa shape index (κ2) is 4.76. The summed E-state index contributed by atoms with van der Waals surface area (Å²) in [5, 5.41) is 4.97. The summed E-state index contributed by atoms with van der Waals surface area (Å²) in [6, 6.07) is 3.49. The van der Waals surface area contributed by atoms with Crippen molar-refractivity contribution < 1.29 is 8.42 Å². The minimum absolute atomic E-state index is 0.131. The summed E-state index contributed by atoms with van der Waals surface area (Å²) in [6.45, 7) is 0. The third-order valence-electron chi connectivity index (χ3n) is 3.37. The first-order valence-electron chi connectivity index (χ1n) is 6.23. The summed E-state index contributed by atoms with van der Waals surface area (Å²) in [6.07, 6.45) is 4.03. The van der Waals surface area contributed by atoms with Gasteiger partial charge < -0.3 is 0 Å². The number of rotatable bonds is 2. The van der Waals surface area contributed by atoms with Gasteiger partial charge in [-0.1, -0.05) is 11.6 Å². The van der Waals surface area contributed by atoms with Crippen molar-refractivity contribution in [2.75, 3.05) is 11.5 Å². The van der Waals surface area contributed by atoms with Crippen LogP contribution in [0.5, 0.6) is 0 Å². The van der Waals surface area contributed by atoms with Crippen molar-refractivity contribution in [1.82, 2.24) is 14.6 Å². The van der Waals surface area contributed by atoms with Crippen molar-refractivity contribution in [2.24, 2.45) is 5.92 Å². The van der Waals surface area contributed by atoms with Crippen LogP contribution in [0.2, 0.25) is 5.02 Å². The molecule has 0 aromatic carbocycles. The third-order valence-corrected chi connectivity index (χ3v) is 5.50. The standard InChI is InChI=1S/C12H14ClN3O2S/c13-10-3-4-16-12(7-10)14-11(15-16)6-9-2-1-5-19(17,18)8-9/h3-4,7,9H,1-2,5-6,8H2. The van der Waals surface area contributed by atoms with Gasteiger partial charge in [0.05, 0.1) is 11.5 Å². The van der Waals surface area contributed by atoms with Gasteiger partial charge >= 0.3 is 0 Å². The second-order valence-electron chi connectivity index (χ2n) is 5.00. The zero-order chi connectivity index (χ0) is 13.5. The van der Waals surface area contributed by atoms with Gasteiger partial charge in [0.1, 0.15) is 0 Å². The number of nitrogens with zero attached hydrogens (tertiary/aromatic N) is 3. The number of sulfone groups is 1. The molecule has 102 valence electrons. The van der Waals surface area contributed by atoms with Crippen molar-refractivity contribution in [3.63, 3.8) is 0 Å². The minimum Gasteiger partial charge on any atom is -0.229 e. The van der Waals surface area contributed by atoms with Gasteiger partial charge in [0.2, 0.25) is 0 Å².